The fourth-order valence-corrected chi connectivity index (χ4v) is 2.95. The predicted octanol–water partition coefficient (Wildman–Crippen LogP) is 2.69. The molecule has 0 unspecified atom stereocenters. The Labute approximate surface area is 136 Å². The van der Waals surface area contributed by atoms with Crippen LogP contribution in [0.3, 0.4) is 0 Å². The van der Waals surface area contributed by atoms with Crippen molar-refractivity contribution < 1.29 is 4.79 Å². The lowest BCUT2D eigenvalue weighted by Gasteiger charge is -2.22. The van der Waals surface area contributed by atoms with Crippen LogP contribution in [0, 0.1) is 0 Å². The van der Waals surface area contributed by atoms with E-state index in [0.29, 0.717) is 11.4 Å². The van der Waals surface area contributed by atoms with Crippen molar-refractivity contribution in [1.82, 2.24) is 9.80 Å². The highest BCUT2D eigenvalue weighted by Gasteiger charge is 2.18. The maximum Gasteiger partial charge on any atom is 0.290 e. The first-order chi connectivity index (χ1) is 10.7. The number of para-hydroxylation sites is 1. The number of amides is 1. The molecule has 2 aromatic carbocycles. The first-order valence-electron chi connectivity index (χ1n) is 6.47. The van der Waals surface area contributed by atoms with E-state index in [9.17, 15) is 4.79 Å². The van der Waals surface area contributed by atoms with Crippen molar-refractivity contribution in [2.75, 3.05) is 5.01 Å². The van der Waals surface area contributed by atoms with Crippen LogP contribution in [0.15, 0.2) is 54.6 Å². The predicted molar refractivity (Wildman–Crippen MR) is 92.8 cm³/mol. The van der Waals surface area contributed by atoms with Gasteiger partial charge in [0.1, 0.15) is 0 Å². The van der Waals surface area contributed by atoms with Gasteiger partial charge in [-0.1, -0.05) is 36.4 Å². The molecule has 1 amide bonds. The third kappa shape index (κ3) is 2.76. The summed E-state index contributed by atoms with van der Waals surface area (Å²) >= 11 is 6.29. The second-order valence-electron chi connectivity index (χ2n) is 4.48. The molecule has 0 aliphatic heterocycles. The van der Waals surface area contributed by atoms with Crippen molar-refractivity contribution in [2.24, 2.45) is 5.73 Å². The second kappa shape index (κ2) is 6.08. The standard InChI is InChI=1S/C15H12N4OS2/c16-15(21)19(10-6-2-1-3-7-10)17-14(20)13-11-8-4-5-9-12(11)22-18-13/h1-9H,(H2,16,21)(H,17,20). The number of hydrogen-bond donors (Lipinski definition) is 2. The lowest BCUT2D eigenvalue weighted by atomic mass is 10.2. The van der Waals surface area contributed by atoms with Gasteiger partial charge in [-0.3, -0.25) is 10.2 Å². The lowest BCUT2D eigenvalue weighted by molar-refractivity contribution is 0.0953. The molecule has 0 aliphatic rings. The number of hydrogen-bond acceptors (Lipinski definition) is 4. The molecule has 0 fully saturated rings. The Balaban J connectivity index is 1.90. The second-order valence-corrected chi connectivity index (χ2v) is 5.70. The van der Waals surface area contributed by atoms with E-state index in [2.05, 4.69) is 9.80 Å². The van der Waals surface area contributed by atoms with Crippen molar-refractivity contribution in [2.45, 2.75) is 0 Å². The fourth-order valence-electron chi connectivity index (χ4n) is 2.03. The number of carbonyl (C=O) groups excluding carboxylic acids is 1. The van der Waals surface area contributed by atoms with Crippen LogP contribution in [0.1, 0.15) is 10.5 Å². The monoisotopic (exact) mass is 328 g/mol. The van der Waals surface area contributed by atoms with E-state index in [0.717, 1.165) is 10.1 Å². The minimum Gasteiger partial charge on any atom is -0.374 e. The number of nitrogens with one attached hydrogen (secondary N) is 1. The van der Waals surface area contributed by atoms with E-state index in [1.807, 2.05) is 42.5 Å². The molecule has 1 heterocycles. The van der Waals surface area contributed by atoms with Crippen LogP contribution in [0.4, 0.5) is 5.69 Å². The van der Waals surface area contributed by atoms with Gasteiger partial charge in [0.25, 0.3) is 5.91 Å². The molecule has 3 N–H and O–H groups in total. The number of benzene rings is 2. The molecule has 0 radical (unpaired) electrons. The number of thiocarbonyl (C=S) groups is 1. The van der Waals surface area contributed by atoms with Crippen LogP contribution >= 0.6 is 23.8 Å². The number of nitrogens with two attached hydrogens (primary N) is 1. The Morgan fingerprint density at radius 1 is 1.14 bits per heavy atom. The maximum absolute atomic E-state index is 12.5. The van der Waals surface area contributed by atoms with Crippen molar-refractivity contribution in [3.05, 3.63) is 60.3 Å². The summed E-state index contributed by atoms with van der Waals surface area (Å²) in [6.45, 7) is 0. The van der Waals surface area contributed by atoms with E-state index >= 15 is 0 Å². The first-order valence-corrected chi connectivity index (χ1v) is 7.65. The molecule has 110 valence electrons. The van der Waals surface area contributed by atoms with Crippen LogP contribution in [0.25, 0.3) is 10.1 Å². The van der Waals surface area contributed by atoms with Crippen LogP contribution in [0.2, 0.25) is 0 Å². The Bertz CT molecular complexity index is 832. The third-order valence-corrected chi connectivity index (χ3v) is 4.05. The van der Waals surface area contributed by atoms with Crippen molar-refractivity contribution >= 4 is 50.5 Å². The topological polar surface area (TPSA) is 71.2 Å². The number of aromatic nitrogens is 1. The summed E-state index contributed by atoms with van der Waals surface area (Å²) in [4.78, 5) is 12.5. The molecule has 22 heavy (non-hydrogen) atoms. The van der Waals surface area contributed by atoms with Gasteiger partial charge in [-0.2, -0.15) is 4.37 Å². The quantitative estimate of drug-likeness (QED) is 0.559. The minimum absolute atomic E-state index is 0.0547. The summed E-state index contributed by atoms with van der Waals surface area (Å²) in [7, 11) is 0. The highest BCUT2D eigenvalue weighted by Crippen LogP contribution is 2.22. The molecule has 0 saturated heterocycles. The van der Waals surface area contributed by atoms with Gasteiger partial charge in [-0.25, -0.2) is 5.01 Å². The van der Waals surface area contributed by atoms with Gasteiger partial charge in [-0.15, -0.1) is 0 Å². The molecule has 0 aliphatic carbocycles. The van der Waals surface area contributed by atoms with Crippen molar-refractivity contribution in [3.8, 4) is 0 Å². The zero-order chi connectivity index (χ0) is 15.5. The normalized spacial score (nSPS) is 10.4. The molecule has 7 heteroatoms. The molecular weight excluding hydrogens is 316 g/mol. The van der Waals surface area contributed by atoms with E-state index in [1.165, 1.54) is 16.5 Å². The van der Waals surface area contributed by atoms with Gasteiger partial charge in [-0.05, 0) is 41.9 Å². The zero-order valence-electron chi connectivity index (χ0n) is 11.4. The Kier molecular flexibility index (Phi) is 3.99. The van der Waals surface area contributed by atoms with Gasteiger partial charge in [0.05, 0.1) is 10.4 Å². The van der Waals surface area contributed by atoms with Gasteiger partial charge < -0.3 is 5.73 Å². The largest absolute Gasteiger partial charge is 0.374 e. The molecule has 0 bridgehead atoms. The van der Waals surface area contributed by atoms with Crippen molar-refractivity contribution in [3.63, 3.8) is 0 Å². The summed E-state index contributed by atoms with van der Waals surface area (Å²) in [6.07, 6.45) is 0. The summed E-state index contributed by atoms with van der Waals surface area (Å²) < 4.78 is 5.17. The van der Waals surface area contributed by atoms with Gasteiger partial charge in [0.15, 0.2) is 10.8 Å². The maximum atomic E-state index is 12.5. The van der Waals surface area contributed by atoms with E-state index in [1.54, 1.807) is 12.1 Å². The molecule has 5 nitrogen and oxygen atoms in total. The molecule has 1 aromatic heterocycles. The van der Waals surface area contributed by atoms with E-state index in [-0.39, 0.29) is 11.0 Å². The number of nitrogens with zero attached hydrogens (tertiary/aromatic N) is 2. The smallest absolute Gasteiger partial charge is 0.290 e. The summed E-state index contributed by atoms with van der Waals surface area (Å²) in [5.74, 6) is -0.353. The highest BCUT2D eigenvalue weighted by molar-refractivity contribution is 7.80. The molecule has 0 atom stereocenters. The SMILES string of the molecule is NC(=S)N(NC(=O)c1nsc2ccccc12)c1ccccc1. The Morgan fingerprint density at radius 3 is 2.55 bits per heavy atom. The van der Waals surface area contributed by atoms with Crippen LogP contribution < -0.4 is 16.2 Å². The van der Waals surface area contributed by atoms with Crippen molar-refractivity contribution in [1.29, 1.82) is 0 Å². The van der Waals surface area contributed by atoms with Crippen LogP contribution in [-0.2, 0) is 0 Å². The molecule has 0 saturated carbocycles. The summed E-state index contributed by atoms with van der Waals surface area (Å²) in [6, 6.07) is 16.7. The third-order valence-electron chi connectivity index (χ3n) is 3.04. The van der Waals surface area contributed by atoms with Gasteiger partial charge in [0.2, 0.25) is 0 Å². The molecule has 3 aromatic rings. The average Bonchev–Trinajstić information content (AvgIpc) is 2.97. The number of anilines is 1. The zero-order valence-corrected chi connectivity index (χ0v) is 13.0. The first kappa shape index (κ1) is 14.4. The number of carbonyl (C=O) groups is 1. The van der Waals surface area contributed by atoms with Crippen LogP contribution in [-0.4, -0.2) is 15.4 Å². The van der Waals surface area contributed by atoms with Gasteiger partial charge in [0, 0.05) is 5.39 Å². The average molecular weight is 328 g/mol. The molecule has 3 rings (SSSR count). The molecular formula is C15H12N4OS2. The summed E-state index contributed by atoms with van der Waals surface area (Å²) in [5.41, 5.74) is 9.45. The Hall–Kier alpha value is -2.51. The highest BCUT2D eigenvalue weighted by atomic mass is 32.1. The van der Waals surface area contributed by atoms with E-state index < -0.39 is 0 Å². The minimum atomic E-state index is -0.353. The fraction of sp³-hybridized carbons (Fsp3) is 0. The number of fused-ring (bicyclic) bond motifs is 1. The molecule has 0 spiro atoms. The number of rotatable bonds is 2. The van der Waals surface area contributed by atoms with Crippen LogP contribution in [0.5, 0.6) is 0 Å². The van der Waals surface area contributed by atoms with Gasteiger partial charge >= 0.3 is 0 Å². The number of hydrazine groups is 1. The van der Waals surface area contributed by atoms with E-state index in [4.69, 9.17) is 18.0 Å². The summed E-state index contributed by atoms with van der Waals surface area (Å²) in [5, 5.41) is 2.23. The Morgan fingerprint density at radius 2 is 1.82 bits per heavy atom. The lowest BCUT2D eigenvalue weighted by Crippen LogP contribution is -2.49.